The zero-order valence-electron chi connectivity index (χ0n) is 3.96. The minimum Gasteiger partial charge on any atom is -0.253 e. The molecule has 1 atom stereocenters. The van der Waals surface area contributed by atoms with Crippen molar-refractivity contribution in [1.29, 1.82) is 0 Å². The number of hydrogen-bond donors (Lipinski definition) is 1. The van der Waals surface area contributed by atoms with Crippen LogP contribution in [-0.4, -0.2) is 13.5 Å². The molecule has 2 N–H and O–H groups in total. The fourth-order valence-corrected chi connectivity index (χ4v) is 0.523. The molecule has 0 bridgehead atoms. The molecule has 0 fully saturated rings. The van der Waals surface area contributed by atoms with Gasteiger partial charge in [0.25, 0.3) is 6.35 Å². The summed E-state index contributed by atoms with van der Waals surface area (Å²) in [5.41, 5.74) is 0. The maximum atomic E-state index is 4.68. The SMILES string of the molecule is CO[P+](=S)CON. The van der Waals surface area contributed by atoms with E-state index in [4.69, 9.17) is 0 Å². The van der Waals surface area contributed by atoms with Gasteiger partial charge in [-0.2, -0.15) is 4.52 Å². The minimum absolute atomic E-state index is 0.334. The van der Waals surface area contributed by atoms with E-state index in [1.54, 1.807) is 0 Å². The largest absolute Gasteiger partial charge is 0.367 e. The van der Waals surface area contributed by atoms with Crippen molar-refractivity contribution in [3.8, 4) is 0 Å². The molecule has 0 aliphatic rings. The topological polar surface area (TPSA) is 44.5 Å². The van der Waals surface area contributed by atoms with Crippen LogP contribution in [0.5, 0.6) is 0 Å². The summed E-state index contributed by atoms with van der Waals surface area (Å²) in [7, 11) is 1.54. The third-order valence-corrected chi connectivity index (χ3v) is 1.91. The summed E-state index contributed by atoms with van der Waals surface area (Å²) in [6.07, 6.45) is 0.334. The fraction of sp³-hybridized carbons (Fsp3) is 1.00. The summed E-state index contributed by atoms with van der Waals surface area (Å²) in [4.78, 5) is 4.19. The van der Waals surface area contributed by atoms with Gasteiger partial charge >= 0.3 is 6.92 Å². The molecule has 0 aliphatic heterocycles. The van der Waals surface area contributed by atoms with E-state index in [1.807, 2.05) is 0 Å². The Bertz CT molecular complexity index is 68.7. The van der Waals surface area contributed by atoms with E-state index in [0.29, 0.717) is 6.35 Å². The Kier molecular flexibility index (Phi) is 4.82. The van der Waals surface area contributed by atoms with E-state index in [1.165, 1.54) is 7.11 Å². The molecule has 0 rings (SSSR count). The zero-order valence-corrected chi connectivity index (χ0v) is 5.67. The van der Waals surface area contributed by atoms with Crippen molar-refractivity contribution in [2.75, 3.05) is 13.5 Å². The van der Waals surface area contributed by atoms with Gasteiger partial charge in [-0.25, -0.2) is 5.90 Å². The molecular weight excluding hydrogens is 133 g/mol. The van der Waals surface area contributed by atoms with E-state index in [9.17, 15) is 0 Å². The van der Waals surface area contributed by atoms with Gasteiger partial charge in [-0.05, 0) is 0 Å². The monoisotopic (exact) mass is 140 g/mol. The molecule has 0 saturated carbocycles. The predicted octanol–water partition coefficient (Wildman–Crippen LogP) is 0.339. The van der Waals surface area contributed by atoms with Crippen LogP contribution in [0.25, 0.3) is 0 Å². The fourth-order valence-electron chi connectivity index (χ4n) is 0.114. The molecule has 0 aromatic rings. The Morgan fingerprint density at radius 1 is 1.86 bits per heavy atom. The number of rotatable bonds is 3. The molecule has 0 saturated heterocycles. The van der Waals surface area contributed by atoms with Gasteiger partial charge < -0.3 is 0 Å². The first kappa shape index (κ1) is 7.40. The Balaban J connectivity index is 3.00. The van der Waals surface area contributed by atoms with Crippen molar-refractivity contribution in [1.82, 2.24) is 0 Å². The standard InChI is InChI=1S/C2H7NO2PS/c1-4-6(7)2-5-3/h2-3H2,1H3/q+1. The molecule has 1 unspecified atom stereocenters. The summed E-state index contributed by atoms with van der Waals surface area (Å²) in [6, 6.07) is 0. The van der Waals surface area contributed by atoms with Gasteiger partial charge in [0.15, 0.2) is 11.8 Å². The van der Waals surface area contributed by atoms with Crippen molar-refractivity contribution in [3.63, 3.8) is 0 Å². The van der Waals surface area contributed by atoms with Crippen LogP contribution in [-0.2, 0) is 21.2 Å². The van der Waals surface area contributed by atoms with Crippen LogP contribution in [0.15, 0.2) is 0 Å². The maximum absolute atomic E-state index is 4.68. The first-order chi connectivity index (χ1) is 3.31. The average Bonchev–Trinajstić information content (AvgIpc) is 1.68. The summed E-state index contributed by atoms with van der Waals surface area (Å²) in [5, 5.41) is 0. The molecule has 0 radical (unpaired) electrons. The van der Waals surface area contributed by atoms with Crippen LogP contribution >= 0.6 is 6.92 Å². The summed E-state index contributed by atoms with van der Waals surface area (Å²) < 4.78 is 4.67. The van der Waals surface area contributed by atoms with Gasteiger partial charge in [-0.15, -0.1) is 0 Å². The normalized spacial score (nSPS) is 11.4. The van der Waals surface area contributed by atoms with Crippen LogP contribution in [0.3, 0.4) is 0 Å². The zero-order chi connectivity index (χ0) is 5.70. The van der Waals surface area contributed by atoms with Crippen LogP contribution in [0.1, 0.15) is 0 Å². The third-order valence-electron chi connectivity index (χ3n) is 0.384. The lowest BCUT2D eigenvalue weighted by Gasteiger charge is -1.80. The molecule has 0 aromatic heterocycles. The molecule has 5 heteroatoms. The summed E-state index contributed by atoms with van der Waals surface area (Å²) in [5.74, 6) is 4.67. The lowest BCUT2D eigenvalue weighted by atomic mass is 11.7. The molecule has 42 valence electrons. The molecule has 7 heavy (non-hydrogen) atoms. The lowest BCUT2D eigenvalue weighted by molar-refractivity contribution is 0.181. The summed E-state index contributed by atoms with van der Waals surface area (Å²) in [6.45, 7) is -0.842. The van der Waals surface area contributed by atoms with Crippen molar-refractivity contribution in [3.05, 3.63) is 0 Å². The van der Waals surface area contributed by atoms with Gasteiger partial charge in [0.1, 0.15) is 0 Å². The van der Waals surface area contributed by atoms with Gasteiger partial charge in [-0.1, -0.05) is 0 Å². The van der Waals surface area contributed by atoms with Crippen LogP contribution in [0.4, 0.5) is 0 Å². The minimum atomic E-state index is -0.842. The Hall–Kier alpha value is 0.400. The van der Waals surface area contributed by atoms with Crippen LogP contribution < -0.4 is 5.90 Å². The molecular formula is C2H7NO2PS+. The second kappa shape index (κ2) is 4.56. The lowest BCUT2D eigenvalue weighted by Crippen LogP contribution is -1.96. The first-order valence-electron chi connectivity index (χ1n) is 1.61. The van der Waals surface area contributed by atoms with E-state index in [-0.39, 0.29) is 0 Å². The van der Waals surface area contributed by atoms with Crippen molar-refractivity contribution < 1.29 is 9.36 Å². The molecule has 0 heterocycles. The second-order valence-corrected chi connectivity index (χ2v) is 3.32. The number of nitrogens with two attached hydrogens (primary N) is 1. The van der Waals surface area contributed by atoms with Crippen LogP contribution in [0.2, 0.25) is 0 Å². The Morgan fingerprint density at radius 3 is 2.57 bits per heavy atom. The number of hydrogen-bond acceptors (Lipinski definition) is 4. The highest BCUT2D eigenvalue weighted by Crippen LogP contribution is 2.18. The van der Waals surface area contributed by atoms with Gasteiger partial charge in [0.05, 0.1) is 7.11 Å². The van der Waals surface area contributed by atoms with E-state index in [0.717, 1.165) is 0 Å². The molecule has 0 amide bonds. The predicted molar refractivity (Wildman–Crippen MR) is 31.4 cm³/mol. The molecule has 3 nitrogen and oxygen atoms in total. The van der Waals surface area contributed by atoms with E-state index >= 15 is 0 Å². The highest BCUT2D eigenvalue weighted by molar-refractivity contribution is 8.02. The summed E-state index contributed by atoms with van der Waals surface area (Å²) >= 11 is 4.68. The van der Waals surface area contributed by atoms with Gasteiger partial charge in [0, 0.05) is 0 Å². The van der Waals surface area contributed by atoms with Crippen molar-refractivity contribution >= 4 is 18.7 Å². The quantitative estimate of drug-likeness (QED) is 0.453. The maximum Gasteiger partial charge on any atom is 0.367 e. The molecule has 0 aromatic carbocycles. The highest BCUT2D eigenvalue weighted by atomic mass is 32.4. The van der Waals surface area contributed by atoms with E-state index < -0.39 is 6.92 Å². The second-order valence-electron chi connectivity index (χ2n) is 0.811. The third kappa shape index (κ3) is 4.25. The Morgan fingerprint density at radius 2 is 2.43 bits per heavy atom. The molecule has 0 aliphatic carbocycles. The smallest absolute Gasteiger partial charge is 0.253 e. The Labute approximate surface area is 48.2 Å². The van der Waals surface area contributed by atoms with E-state index in [2.05, 4.69) is 27.1 Å². The van der Waals surface area contributed by atoms with Crippen molar-refractivity contribution in [2.45, 2.75) is 0 Å². The van der Waals surface area contributed by atoms with Gasteiger partial charge in [0.2, 0.25) is 0 Å². The van der Waals surface area contributed by atoms with Crippen LogP contribution in [0, 0.1) is 0 Å². The van der Waals surface area contributed by atoms with Gasteiger partial charge in [-0.3, -0.25) is 4.84 Å². The average molecular weight is 140 g/mol. The van der Waals surface area contributed by atoms with Crippen molar-refractivity contribution in [2.24, 2.45) is 5.90 Å². The molecule has 0 spiro atoms. The highest BCUT2D eigenvalue weighted by Gasteiger charge is 2.04. The first-order valence-corrected chi connectivity index (χ1v) is 4.07.